The van der Waals surface area contributed by atoms with Gasteiger partial charge in [0.25, 0.3) is 0 Å². The van der Waals surface area contributed by atoms with E-state index in [1.807, 2.05) is 37.4 Å². The molecule has 2 N–H and O–H groups in total. The molecule has 1 aliphatic heterocycles. The van der Waals surface area contributed by atoms with E-state index < -0.39 is 12.0 Å². The topological polar surface area (TPSA) is 71.5 Å². The number of carbonyl (C=O) groups excluding carboxylic acids is 1. The first-order valence-electron chi connectivity index (χ1n) is 11.3. The van der Waals surface area contributed by atoms with Crippen molar-refractivity contribution in [2.45, 2.75) is 57.7 Å². The second kappa shape index (κ2) is 9.00. The van der Waals surface area contributed by atoms with E-state index in [9.17, 15) is 9.90 Å². The van der Waals surface area contributed by atoms with Crippen LogP contribution >= 0.6 is 22.9 Å². The summed E-state index contributed by atoms with van der Waals surface area (Å²) in [5.74, 6) is 0.399. The van der Waals surface area contributed by atoms with E-state index in [0.29, 0.717) is 18.0 Å². The molecule has 5 rings (SSSR count). The van der Waals surface area contributed by atoms with Gasteiger partial charge >= 0.3 is 0 Å². The van der Waals surface area contributed by atoms with Gasteiger partial charge in [-0.2, -0.15) is 0 Å². The molecular formula is C25H27ClN2O3S. The molecule has 1 aromatic carbocycles. The quantitative estimate of drug-likeness (QED) is 0.531. The third-order valence-corrected chi connectivity index (χ3v) is 7.94. The van der Waals surface area contributed by atoms with Crippen molar-refractivity contribution >= 4 is 39.1 Å². The highest BCUT2D eigenvalue weighted by Gasteiger charge is 2.33. The van der Waals surface area contributed by atoms with E-state index in [0.717, 1.165) is 50.4 Å². The Hall–Kier alpha value is -2.15. The molecule has 2 unspecified atom stereocenters. The zero-order chi connectivity index (χ0) is 22.2. The van der Waals surface area contributed by atoms with Crippen molar-refractivity contribution in [3.05, 3.63) is 45.9 Å². The minimum atomic E-state index is -0.647. The summed E-state index contributed by atoms with van der Waals surface area (Å²) in [4.78, 5) is 17.7. The van der Waals surface area contributed by atoms with Gasteiger partial charge < -0.3 is 15.2 Å². The van der Waals surface area contributed by atoms with Gasteiger partial charge in [-0.3, -0.25) is 9.78 Å². The molecule has 0 spiro atoms. The first-order valence-corrected chi connectivity index (χ1v) is 12.5. The van der Waals surface area contributed by atoms with E-state index >= 15 is 0 Å². The molecular weight excluding hydrogens is 444 g/mol. The molecule has 32 heavy (non-hydrogen) atoms. The number of carbonyl (C=O) groups is 1. The number of nitrogens with zero attached hydrogens (tertiary/aromatic N) is 1. The zero-order valence-corrected chi connectivity index (χ0v) is 19.6. The fourth-order valence-electron chi connectivity index (χ4n) is 4.83. The van der Waals surface area contributed by atoms with Crippen LogP contribution in [-0.4, -0.2) is 34.8 Å². The van der Waals surface area contributed by atoms with E-state index in [2.05, 4.69) is 10.3 Å². The van der Waals surface area contributed by atoms with Crippen LogP contribution < -0.4 is 10.1 Å². The number of aliphatic hydroxyl groups is 1. The van der Waals surface area contributed by atoms with E-state index in [1.165, 1.54) is 19.3 Å². The van der Waals surface area contributed by atoms with Crippen molar-refractivity contribution in [2.24, 2.45) is 5.92 Å². The number of aromatic nitrogens is 1. The number of β-amino-alcohol motifs (C(OH)–C–C–N with tert-alkyl or cyclic N) is 1. The minimum Gasteiger partial charge on any atom is -0.490 e. The lowest BCUT2D eigenvalue weighted by atomic mass is 9.97. The van der Waals surface area contributed by atoms with Crippen LogP contribution in [-0.2, 0) is 11.2 Å². The summed E-state index contributed by atoms with van der Waals surface area (Å²) in [6.45, 7) is 2.37. The van der Waals surface area contributed by atoms with Crippen LogP contribution in [0.1, 0.15) is 42.5 Å². The SMILES string of the molecule is Cc1cc(Cl)cc(-c2ccnc3cc(CC4C(=O)NCC4O)sc23)c1OC1CCCCC1. The summed E-state index contributed by atoms with van der Waals surface area (Å²) in [6.07, 6.45) is 7.78. The van der Waals surface area contributed by atoms with Gasteiger partial charge in [0.05, 0.1) is 28.3 Å². The predicted octanol–water partition coefficient (Wildman–Crippen LogP) is 5.29. The summed E-state index contributed by atoms with van der Waals surface area (Å²) < 4.78 is 7.60. The largest absolute Gasteiger partial charge is 0.490 e. The number of aliphatic hydroxyl groups excluding tert-OH is 1. The number of fused-ring (bicyclic) bond motifs is 1. The second-order valence-corrected chi connectivity index (χ2v) is 10.5. The molecule has 2 atom stereocenters. The fraction of sp³-hybridized carbons (Fsp3) is 0.440. The highest BCUT2D eigenvalue weighted by atomic mass is 35.5. The number of pyridine rings is 1. The lowest BCUT2D eigenvalue weighted by molar-refractivity contribution is -0.123. The van der Waals surface area contributed by atoms with Crippen molar-refractivity contribution in [3.8, 4) is 16.9 Å². The molecule has 2 aliphatic rings. The lowest BCUT2D eigenvalue weighted by Crippen LogP contribution is -2.23. The Balaban J connectivity index is 1.54. The van der Waals surface area contributed by atoms with Crippen molar-refractivity contribution in [3.63, 3.8) is 0 Å². The van der Waals surface area contributed by atoms with Crippen LogP contribution in [0.5, 0.6) is 5.75 Å². The number of benzene rings is 1. The Bertz CT molecular complexity index is 1160. The number of hydrogen-bond acceptors (Lipinski definition) is 5. The van der Waals surface area contributed by atoms with Gasteiger partial charge in [-0.05, 0) is 68.9 Å². The summed E-state index contributed by atoms with van der Waals surface area (Å²) in [5.41, 5.74) is 3.95. The summed E-state index contributed by atoms with van der Waals surface area (Å²) in [6, 6.07) is 7.98. The number of rotatable bonds is 5. The molecule has 168 valence electrons. The maximum absolute atomic E-state index is 12.1. The number of thiophene rings is 1. The summed E-state index contributed by atoms with van der Waals surface area (Å²) >= 11 is 8.10. The standard InChI is InChI=1S/C25H27ClN2O3S/c1-14-9-15(26)10-19(23(14)31-16-5-3-2-4-6-16)18-7-8-27-21-12-17(32-24(18)21)11-20-22(29)13-28-25(20)30/h7-10,12,16,20,22,29H,2-6,11,13H2,1H3,(H,28,30). The molecule has 0 radical (unpaired) electrons. The average Bonchev–Trinajstić information content (AvgIpc) is 3.34. The highest BCUT2D eigenvalue weighted by molar-refractivity contribution is 7.19. The van der Waals surface area contributed by atoms with Crippen LogP contribution in [0, 0.1) is 12.8 Å². The smallest absolute Gasteiger partial charge is 0.226 e. The van der Waals surface area contributed by atoms with Gasteiger partial charge in [0, 0.05) is 33.8 Å². The van der Waals surface area contributed by atoms with Crippen LogP contribution in [0.3, 0.4) is 0 Å². The number of ether oxygens (including phenoxy) is 1. The van der Waals surface area contributed by atoms with Crippen molar-refractivity contribution in [1.29, 1.82) is 0 Å². The first kappa shape index (κ1) is 21.7. The summed E-state index contributed by atoms with van der Waals surface area (Å²) in [7, 11) is 0. The Kier molecular flexibility index (Phi) is 6.10. The second-order valence-electron chi connectivity index (χ2n) is 8.89. The molecule has 5 nitrogen and oxygen atoms in total. The molecule has 1 aliphatic carbocycles. The number of aryl methyl sites for hydroxylation is 1. The van der Waals surface area contributed by atoms with Gasteiger partial charge in [-0.1, -0.05) is 18.0 Å². The summed E-state index contributed by atoms with van der Waals surface area (Å²) in [5, 5.41) is 13.6. The Morgan fingerprint density at radius 1 is 1.22 bits per heavy atom. The maximum Gasteiger partial charge on any atom is 0.226 e. The van der Waals surface area contributed by atoms with Gasteiger partial charge in [-0.25, -0.2) is 0 Å². The van der Waals surface area contributed by atoms with Crippen LogP contribution in [0.15, 0.2) is 30.5 Å². The average molecular weight is 471 g/mol. The van der Waals surface area contributed by atoms with Gasteiger partial charge in [0.15, 0.2) is 0 Å². The maximum atomic E-state index is 12.1. The number of halogens is 1. The number of hydrogen-bond donors (Lipinski definition) is 2. The Morgan fingerprint density at radius 3 is 2.78 bits per heavy atom. The van der Waals surface area contributed by atoms with Crippen molar-refractivity contribution < 1.29 is 14.6 Å². The minimum absolute atomic E-state index is 0.0863. The van der Waals surface area contributed by atoms with E-state index in [4.69, 9.17) is 16.3 Å². The highest BCUT2D eigenvalue weighted by Crippen LogP contribution is 2.42. The predicted molar refractivity (Wildman–Crippen MR) is 129 cm³/mol. The number of amides is 1. The normalized spacial score (nSPS) is 21.8. The third kappa shape index (κ3) is 4.24. The van der Waals surface area contributed by atoms with Gasteiger partial charge in [-0.15, -0.1) is 11.3 Å². The van der Waals surface area contributed by atoms with E-state index in [-0.39, 0.29) is 12.0 Å². The molecule has 2 fully saturated rings. The molecule has 3 aromatic rings. The lowest BCUT2D eigenvalue weighted by Gasteiger charge is -2.25. The van der Waals surface area contributed by atoms with Crippen LogP contribution in [0.2, 0.25) is 5.02 Å². The molecule has 7 heteroatoms. The Morgan fingerprint density at radius 2 is 2.03 bits per heavy atom. The van der Waals surface area contributed by atoms with Gasteiger partial charge in [0.1, 0.15) is 5.75 Å². The molecule has 1 saturated carbocycles. The van der Waals surface area contributed by atoms with Crippen LogP contribution in [0.4, 0.5) is 0 Å². The molecule has 1 saturated heterocycles. The van der Waals surface area contributed by atoms with Crippen molar-refractivity contribution in [1.82, 2.24) is 10.3 Å². The molecule has 3 heterocycles. The van der Waals surface area contributed by atoms with E-state index in [1.54, 1.807) is 11.3 Å². The Labute approximate surface area is 196 Å². The van der Waals surface area contributed by atoms with Crippen LogP contribution in [0.25, 0.3) is 21.3 Å². The van der Waals surface area contributed by atoms with Gasteiger partial charge in [0.2, 0.25) is 5.91 Å². The molecule has 1 amide bonds. The molecule has 0 bridgehead atoms. The van der Waals surface area contributed by atoms with Crippen molar-refractivity contribution in [2.75, 3.05) is 6.54 Å². The fourth-order valence-corrected chi connectivity index (χ4v) is 6.31. The zero-order valence-electron chi connectivity index (χ0n) is 18.1. The monoisotopic (exact) mass is 470 g/mol. The molecule has 2 aromatic heterocycles. The third-order valence-electron chi connectivity index (χ3n) is 6.54. The number of nitrogens with one attached hydrogen (secondary N) is 1. The first-order chi connectivity index (χ1) is 15.5.